The van der Waals surface area contributed by atoms with Crippen LogP contribution in [0.3, 0.4) is 0 Å². The Morgan fingerprint density at radius 3 is 2.30 bits per heavy atom. The second kappa shape index (κ2) is 7.76. The molecule has 0 bridgehead atoms. The molecule has 0 saturated heterocycles. The van der Waals surface area contributed by atoms with Crippen LogP contribution in [-0.2, 0) is 16.0 Å². The van der Waals surface area contributed by atoms with E-state index in [9.17, 15) is 14.7 Å². The predicted octanol–water partition coefficient (Wildman–Crippen LogP) is 0.0219. The van der Waals surface area contributed by atoms with Crippen LogP contribution in [0.25, 0.3) is 0 Å². The number of carbonyl (C=O) groups is 2. The molecule has 0 unspecified atom stereocenters. The van der Waals surface area contributed by atoms with Gasteiger partial charge in [0.25, 0.3) is 0 Å². The van der Waals surface area contributed by atoms with Crippen molar-refractivity contribution < 1.29 is 19.8 Å². The van der Waals surface area contributed by atoms with Gasteiger partial charge in [-0.25, -0.2) is 4.79 Å². The van der Waals surface area contributed by atoms with E-state index in [-0.39, 0.29) is 11.5 Å². The number of carbonyl (C=O) groups excluding carboxylic acids is 1. The minimum Gasteiger partial charge on any atom is -0.508 e. The third-order valence-corrected chi connectivity index (χ3v) is 3.20. The number of benzene rings is 1. The third-order valence-electron chi connectivity index (χ3n) is 2.84. The van der Waals surface area contributed by atoms with E-state index in [0.29, 0.717) is 6.42 Å². The van der Waals surface area contributed by atoms with Crippen molar-refractivity contribution >= 4 is 24.5 Å². The molecule has 110 valence electrons. The van der Waals surface area contributed by atoms with E-state index in [0.717, 1.165) is 5.56 Å². The van der Waals surface area contributed by atoms with Crippen LogP contribution in [0.2, 0.25) is 0 Å². The summed E-state index contributed by atoms with van der Waals surface area (Å²) in [5.41, 5.74) is 0.857. The lowest BCUT2D eigenvalue weighted by molar-refractivity contribution is -0.141. The third kappa shape index (κ3) is 4.75. The highest BCUT2D eigenvalue weighted by Gasteiger charge is 2.23. The minimum atomic E-state index is -1.12. The number of phenols is 1. The van der Waals surface area contributed by atoms with Crippen LogP contribution >= 0.6 is 12.6 Å². The normalized spacial score (nSPS) is 13.5. The van der Waals surface area contributed by atoms with Crippen LogP contribution in [0.15, 0.2) is 24.3 Å². The maximum absolute atomic E-state index is 12.0. The number of hydrogen-bond acceptors (Lipinski definition) is 5. The number of carboxylic acid groups (broad SMARTS) is 1. The van der Waals surface area contributed by atoms with Gasteiger partial charge in [-0.3, -0.25) is 4.79 Å². The van der Waals surface area contributed by atoms with Crippen molar-refractivity contribution in [3.05, 3.63) is 29.8 Å². The Balaban J connectivity index is 2.67. The molecule has 20 heavy (non-hydrogen) atoms. The van der Waals surface area contributed by atoms with E-state index in [1.165, 1.54) is 12.1 Å². The number of likely N-dealkylation sites (N-methyl/N-ethyl adjacent to an activating group) is 1. The van der Waals surface area contributed by atoms with Crippen molar-refractivity contribution in [1.82, 2.24) is 10.6 Å². The molecule has 1 amide bonds. The summed E-state index contributed by atoms with van der Waals surface area (Å²) in [6.07, 6.45) is 0.390. The van der Waals surface area contributed by atoms with Gasteiger partial charge >= 0.3 is 5.97 Å². The summed E-state index contributed by atoms with van der Waals surface area (Å²) in [6.45, 7) is 0. The summed E-state index contributed by atoms with van der Waals surface area (Å²) < 4.78 is 0. The van der Waals surface area contributed by atoms with E-state index in [2.05, 4.69) is 23.3 Å². The van der Waals surface area contributed by atoms with E-state index in [1.54, 1.807) is 19.2 Å². The molecule has 0 heterocycles. The Morgan fingerprint density at radius 2 is 1.85 bits per heavy atom. The first kappa shape index (κ1) is 16.3. The van der Waals surface area contributed by atoms with Crippen molar-refractivity contribution in [1.29, 1.82) is 0 Å². The molecule has 0 aromatic heterocycles. The van der Waals surface area contributed by atoms with Gasteiger partial charge in [-0.1, -0.05) is 12.1 Å². The average molecular weight is 298 g/mol. The first-order valence-corrected chi connectivity index (χ1v) is 6.70. The average Bonchev–Trinajstić information content (AvgIpc) is 2.43. The molecule has 7 heteroatoms. The van der Waals surface area contributed by atoms with Gasteiger partial charge in [0.1, 0.15) is 11.8 Å². The monoisotopic (exact) mass is 298 g/mol. The highest BCUT2D eigenvalue weighted by molar-refractivity contribution is 7.80. The number of carboxylic acids is 1. The number of aromatic hydroxyl groups is 1. The fourth-order valence-corrected chi connectivity index (χ4v) is 1.90. The largest absolute Gasteiger partial charge is 0.508 e. The maximum atomic E-state index is 12.0. The molecule has 0 aliphatic heterocycles. The lowest BCUT2D eigenvalue weighted by atomic mass is 10.0. The number of amides is 1. The quantitative estimate of drug-likeness (QED) is 0.457. The Bertz CT molecular complexity index is 464. The van der Waals surface area contributed by atoms with Gasteiger partial charge in [0.2, 0.25) is 5.91 Å². The van der Waals surface area contributed by atoms with Gasteiger partial charge in [0, 0.05) is 5.75 Å². The van der Waals surface area contributed by atoms with E-state index in [4.69, 9.17) is 5.11 Å². The number of rotatable bonds is 7. The summed E-state index contributed by atoms with van der Waals surface area (Å²) in [6, 6.07) is 4.92. The van der Waals surface area contributed by atoms with Crippen molar-refractivity contribution in [2.45, 2.75) is 18.5 Å². The predicted molar refractivity (Wildman–Crippen MR) is 78.1 cm³/mol. The summed E-state index contributed by atoms with van der Waals surface area (Å²) in [5.74, 6) is -1.34. The van der Waals surface area contributed by atoms with Gasteiger partial charge < -0.3 is 20.8 Å². The van der Waals surface area contributed by atoms with Crippen LogP contribution in [0.5, 0.6) is 5.75 Å². The fourth-order valence-electron chi connectivity index (χ4n) is 1.65. The second-order valence-corrected chi connectivity index (χ2v) is 4.66. The molecule has 2 atom stereocenters. The van der Waals surface area contributed by atoms with Crippen LogP contribution in [0.4, 0.5) is 0 Å². The number of hydrogen-bond donors (Lipinski definition) is 5. The highest BCUT2D eigenvalue weighted by Crippen LogP contribution is 2.11. The molecule has 0 radical (unpaired) electrons. The van der Waals surface area contributed by atoms with Gasteiger partial charge in [0.15, 0.2) is 0 Å². The summed E-state index contributed by atoms with van der Waals surface area (Å²) in [5, 5.41) is 23.3. The van der Waals surface area contributed by atoms with E-state index >= 15 is 0 Å². The maximum Gasteiger partial charge on any atom is 0.327 e. The molecule has 6 nitrogen and oxygen atoms in total. The molecule has 1 aromatic carbocycles. The molecule has 1 rings (SSSR count). The zero-order chi connectivity index (χ0) is 15.1. The molecule has 0 aliphatic rings. The SMILES string of the molecule is CN[C@@H](Cc1ccc(O)cc1)C(=O)N[C@@H](CS)C(=O)O. The Hall–Kier alpha value is -1.73. The molecule has 0 saturated carbocycles. The topological polar surface area (TPSA) is 98.7 Å². The molecule has 0 aliphatic carbocycles. The molecule has 0 spiro atoms. The van der Waals surface area contributed by atoms with Crippen LogP contribution in [0.1, 0.15) is 5.56 Å². The molecule has 4 N–H and O–H groups in total. The van der Waals surface area contributed by atoms with Crippen LogP contribution < -0.4 is 10.6 Å². The Morgan fingerprint density at radius 1 is 1.25 bits per heavy atom. The first-order chi connectivity index (χ1) is 9.47. The first-order valence-electron chi connectivity index (χ1n) is 6.07. The summed E-state index contributed by atoms with van der Waals surface area (Å²) in [4.78, 5) is 22.9. The standard InChI is InChI=1S/C13H18N2O4S/c1-14-10(6-8-2-4-9(16)5-3-8)12(17)15-11(7-20)13(18)19/h2-5,10-11,14,16,20H,6-7H2,1H3,(H,15,17)(H,18,19)/t10-,11-/m0/s1. The number of aliphatic carboxylic acids is 1. The van der Waals surface area contributed by atoms with E-state index < -0.39 is 24.0 Å². The fraction of sp³-hybridized carbons (Fsp3) is 0.385. The van der Waals surface area contributed by atoms with Gasteiger partial charge in [0.05, 0.1) is 6.04 Å². The lowest BCUT2D eigenvalue weighted by Gasteiger charge is -2.19. The molecular formula is C13H18N2O4S. The number of thiol groups is 1. The zero-order valence-electron chi connectivity index (χ0n) is 11.0. The Labute approximate surface area is 122 Å². The molecule has 0 fully saturated rings. The molecule has 1 aromatic rings. The Kier molecular flexibility index (Phi) is 6.33. The molecular weight excluding hydrogens is 280 g/mol. The van der Waals surface area contributed by atoms with E-state index in [1.807, 2.05) is 0 Å². The number of phenolic OH excluding ortho intramolecular Hbond substituents is 1. The summed E-state index contributed by atoms with van der Waals surface area (Å²) >= 11 is 3.89. The van der Waals surface area contributed by atoms with Gasteiger partial charge in [-0.15, -0.1) is 0 Å². The lowest BCUT2D eigenvalue weighted by Crippen LogP contribution is -2.50. The van der Waals surface area contributed by atoms with Crippen molar-refractivity contribution in [2.24, 2.45) is 0 Å². The van der Waals surface area contributed by atoms with Crippen molar-refractivity contribution in [3.8, 4) is 5.75 Å². The zero-order valence-corrected chi connectivity index (χ0v) is 11.9. The van der Waals surface area contributed by atoms with Crippen LogP contribution in [-0.4, -0.2) is 47.0 Å². The highest BCUT2D eigenvalue weighted by atomic mass is 32.1. The van der Waals surface area contributed by atoms with Crippen molar-refractivity contribution in [2.75, 3.05) is 12.8 Å². The van der Waals surface area contributed by atoms with Crippen LogP contribution in [0, 0.1) is 0 Å². The second-order valence-electron chi connectivity index (χ2n) is 4.29. The van der Waals surface area contributed by atoms with Crippen molar-refractivity contribution in [3.63, 3.8) is 0 Å². The number of nitrogens with one attached hydrogen (secondary N) is 2. The summed E-state index contributed by atoms with van der Waals surface area (Å²) in [7, 11) is 1.63. The smallest absolute Gasteiger partial charge is 0.327 e. The van der Waals surface area contributed by atoms with Gasteiger partial charge in [-0.05, 0) is 31.2 Å². The van der Waals surface area contributed by atoms with Gasteiger partial charge in [-0.2, -0.15) is 12.6 Å². The minimum absolute atomic E-state index is 0.0245.